The molecule has 0 bridgehead atoms. The van der Waals surface area contributed by atoms with Gasteiger partial charge >= 0.3 is 0 Å². The van der Waals surface area contributed by atoms with Crippen LogP contribution in [-0.2, 0) is 4.74 Å². The molecular weight excluding hydrogens is 186 g/mol. The standard InChI is InChI=1S/C13H25NO/c1-2-11-4-3-5-12(10-11)13(14)6-8-15-9-7-13/h11-12H,2-10,14H2,1H3. The summed E-state index contributed by atoms with van der Waals surface area (Å²) < 4.78 is 5.43. The Morgan fingerprint density at radius 1 is 1.27 bits per heavy atom. The zero-order chi connectivity index (χ0) is 10.7. The lowest BCUT2D eigenvalue weighted by molar-refractivity contribution is 0.0154. The highest BCUT2D eigenvalue weighted by Crippen LogP contribution is 2.40. The molecule has 1 aliphatic heterocycles. The number of nitrogens with two attached hydrogens (primary N) is 1. The van der Waals surface area contributed by atoms with Crippen LogP contribution in [-0.4, -0.2) is 18.8 Å². The van der Waals surface area contributed by atoms with Crippen molar-refractivity contribution in [3.8, 4) is 0 Å². The van der Waals surface area contributed by atoms with E-state index in [2.05, 4.69) is 6.92 Å². The Morgan fingerprint density at radius 3 is 2.67 bits per heavy atom. The summed E-state index contributed by atoms with van der Waals surface area (Å²) in [6.45, 7) is 4.08. The van der Waals surface area contributed by atoms with E-state index in [9.17, 15) is 0 Å². The normalized spacial score (nSPS) is 36.4. The molecule has 0 amide bonds. The molecule has 0 spiro atoms. The molecule has 1 saturated carbocycles. The van der Waals surface area contributed by atoms with Gasteiger partial charge in [0.15, 0.2) is 0 Å². The lowest BCUT2D eigenvalue weighted by Crippen LogP contribution is -2.52. The average Bonchev–Trinajstić information content (AvgIpc) is 2.30. The second-order valence-electron chi connectivity index (χ2n) is 5.48. The summed E-state index contributed by atoms with van der Waals surface area (Å²) in [6.07, 6.45) is 9.04. The van der Waals surface area contributed by atoms with Crippen molar-refractivity contribution in [3.05, 3.63) is 0 Å². The fourth-order valence-corrected chi connectivity index (χ4v) is 3.34. The van der Waals surface area contributed by atoms with Crippen molar-refractivity contribution in [3.63, 3.8) is 0 Å². The van der Waals surface area contributed by atoms with Crippen molar-refractivity contribution >= 4 is 0 Å². The molecule has 2 aliphatic rings. The van der Waals surface area contributed by atoms with Gasteiger partial charge in [-0.3, -0.25) is 0 Å². The molecule has 88 valence electrons. The lowest BCUT2D eigenvalue weighted by atomic mass is 9.68. The first-order chi connectivity index (χ1) is 7.24. The third-order valence-electron chi connectivity index (χ3n) is 4.60. The molecule has 1 aliphatic carbocycles. The molecule has 15 heavy (non-hydrogen) atoms. The van der Waals surface area contributed by atoms with E-state index in [-0.39, 0.29) is 5.54 Å². The van der Waals surface area contributed by atoms with Gasteiger partial charge in [-0.1, -0.05) is 26.2 Å². The predicted octanol–water partition coefficient (Wildman–Crippen LogP) is 2.71. The number of ether oxygens (including phenoxy) is 1. The van der Waals surface area contributed by atoms with Crippen molar-refractivity contribution in [2.45, 2.75) is 57.4 Å². The van der Waals surface area contributed by atoms with Crippen LogP contribution in [0, 0.1) is 11.8 Å². The molecule has 0 aromatic carbocycles. The van der Waals surface area contributed by atoms with E-state index >= 15 is 0 Å². The highest BCUT2D eigenvalue weighted by molar-refractivity contribution is 4.95. The van der Waals surface area contributed by atoms with Crippen molar-refractivity contribution in [1.82, 2.24) is 0 Å². The summed E-state index contributed by atoms with van der Waals surface area (Å²) in [4.78, 5) is 0. The van der Waals surface area contributed by atoms with Gasteiger partial charge < -0.3 is 10.5 Å². The molecule has 2 N–H and O–H groups in total. The Hall–Kier alpha value is -0.0800. The number of rotatable bonds is 2. The van der Waals surface area contributed by atoms with E-state index in [1.165, 1.54) is 32.1 Å². The van der Waals surface area contributed by atoms with Crippen LogP contribution in [0.3, 0.4) is 0 Å². The minimum Gasteiger partial charge on any atom is -0.381 e. The smallest absolute Gasteiger partial charge is 0.0483 e. The molecule has 0 aromatic heterocycles. The summed E-state index contributed by atoms with van der Waals surface area (Å²) in [5, 5.41) is 0. The van der Waals surface area contributed by atoms with E-state index < -0.39 is 0 Å². The minimum atomic E-state index is 0.103. The fourth-order valence-electron chi connectivity index (χ4n) is 3.34. The van der Waals surface area contributed by atoms with Crippen molar-refractivity contribution in [2.24, 2.45) is 17.6 Å². The molecule has 2 nitrogen and oxygen atoms in total. The highest BCUT2D eigenvalue weighted by Gasteiger charge is 2.38. The van der Waals surface area contributed by atoms with E-state index in [1.807, 2.05) is 0 Å². The first-order valence-electron chi connectivity index (χ1n) is 6.61. The second kappa shape index (κ2) is 4.84. The molecule has 1 heterocycles. The number of hydrogen-bond acceptors (Lipinski definition) is 2. The van der Waals surface area contributed by atoms with Gasteiger partial charge in [0.05, 0.1) is 0 Å². The van der Waals surface area contributed by atoms with Crippen molar-refractivity contribution in [2.75, 3.05) is 13.2 Å². The first-order valence-corrected chi connectivity index (χ1v) is 6.61. The Labute approximate surface area is 93.6 Å². The minimum absolute atomic E-state index is 0.103. The summed E-state index contributed by atoms with van der Waals surface area (Å²) in [6, 6.07) is 0. The molecule has 2 atom stereocenters. The highest BCUT2D eigenvalue weighted by atomic mass is 16.5. The van der Waals surface area contributed by atoms with Gasteiger partial charge in [-0.15, -0.1) is 0 Å². The third kappa shape index (κ3) is 2.54. The van der Waals surface area contributed by atoms with Crippen LogP contribution in [0.2, 0.25) is 0 Å². The van der Waals surface area contributed by atoms with Crippen molar-refractivity contribution in [1.29, 1.82) is 0 Å². The van der Waals surface area contributed by atoms with Crippen LogP contribution >= 0.6 is 0 Å². The van der Waals surface area contributed by atoms with Crippen LogP contribution in [0.4, 0.5) is 0 Å². The maximum Gasteiger partial charge on any atom is 0.0483 e. The second-order valence-corrected chi connectivity index (χ2v) is 5.48. The lowest BCUT2D eigenvalue weighted by Gasteiger charge is -2.44. The van der Waals surface area contributed by atoms with Gasteiger partial charge in [-0.25, -0.2) is 0 Å². The molecule has 1 saturated heterocycles. The average molecular weight is 211 g/mol. The Morgan fingerprint density at radius 2 is 2.00 bits per heavy atom. The SMILES string of the molecule is CCC1CCCC(C2(N)CCOCC2)C1. The fraction of sp³-hybridized carbons (Fsp3) is 1.00. The maximum absolute atomic E-state index is 6.57. The predicted molar refractivity (Wildman–Crippen MR) is 62.7 cm³/mol. The van der Waals surface area contributed by atoms with E-state index in [0.29, 0.717) is 0 Å². The summed E-state index contributed by atoms with van der Waals surface area (Å²) in [7, 11) is 0. The molecule has 0 radical (unpaired) electrons. The molecule has 0 aromatic rings. The molecular formula is C13H25NO. The van der Waals surface area contributed by atoms with Gasteiger partial charge in [0, 0.05) is 18.8 Å². The van der Waals surface area contributed by atoms with Crippen molar-refractivity contribution < 1.29 is 4.74 Å². The maximum atomic E-state index is 6.57. The Bertz CT molecular complexity index is 199. The van der Waals surface area contributed by atoms with Gasteiger partial charge in [0.1, 0.15) is 0 Å². The molecule has 2 rings (SSSR count). The third-order valence-corrected chi connectivity index (χ3v) is 4.60. The Balaban J connectivity index is 1.95. The molecule has 2 fully saturated rings. The van der Waals surface area contributed by atoms with E-state index in [4.69, 9.17) is 10.5 Å². The molecule has 2 unspecified atom stereocenters. The van der Waals surface area contributed by atoms with Crippen LogP contribution in [0.1, 0.15) is 51.9 Å². The van der Waals surface area contributed by atoms with E-state index in [0.717, 1.165) is 37.9 Å². The monoisotopic (exact) mass is 211 g/mol. The van der Waals surface area contributed by atoms with E-state index in [1.54, 1.807) is 0 Å². The first kappa shape index (κ1) is 11.4. The summed E-state index contributed by atoms with van der Waals surface area (Å²) in [5.41, 5.74) is 6.67. The van der Waals surface area contributed by atoms with Crippen LogP contribution < -0.4 is 5.73 Å². The molecule has 2 heteroatoms. The van der Waals surface area contributed by atoms with Crippen LogP contribution in [0.25, 0.3) is 0 Å². The van der Waals surface area contributed by atoms with Gasteiger partial charge in [0.2, 0.25) is 0 Å². The summed E-state index contributed by atoms with van der Waals surface area (Å²) in [5.74, 6) is 1.70. The number of hydrogen-bond donors (Lipinski definition) is 1. The largest absolute Gasteiger partial charge is 0.381 e. The Kier molecular flexibility index (Phi) is 3.68. The van der Waals surface area contributed by atoms with Gasteiger partial charge in [-0.05, 0) is 37.5 Å². The quantitative estimate of drug-likeness (QED) is 0.762. The zero-order valence-corrected chi connectivity index (χ0v) is 10.0. The zero-order valence-electron chi connectivity index (χ0n) is 10.0. The summed E-state index contributed by atoms with van der Waals surface area (Å²) >= 11 is 0. The topological polar surface area (TPSA) is 35.2 Å². The van der Waals surface area contributed by atoms with Crippen LogP contribution in [0.5, 0.6) is 0 Å². The van der Waals surface area contributed by atoms with Gasteiger partial charge in [-0.2, -0.15) is 0 Å². The van der Waals surface area contributed by atoms with Crippen LogP contribution in [0.15, 0.2) is 0 Å². The van der Waals surface area contributed by atoms with Gasteiger partial charge in [0.25, 0.3) is 0 Å².